The fraction of sp³-hybridized carbons (Fsp3) is 0.182. The molecule has 0 saturated heterocycles. The molecule has 0 unspecified atom stereocenters. The minimum Gasteiger partial charge on any atom is -0.356 e. The predicted octanol–water partition coefficient (Wildman–Crippen LogP) is 3.80. The number of guanidine groups is 1. The predicted molar refractivity (Wildman–Crippen MR) is 108 cm³/mol. The molecule has 0 bridgehead atoms. The fourth-order valence-electron chi connectivity index (χ4n) is 2.80. The Hall–Kier alpha value is -3.21. The van der Waals surface area contributed by atoms with Gasteiger partial charge in [-0.25, -0.2) is 4.39 Å². The zero-order valence-corrected chi connectivity index (χ0v) is 15.3. The van der Waals surface area contributed by atoms with Crippen LogP contribution in [0.5, 0.6) is 0 Å². The SMILES string of the molecule is CN=C(NCCc1ccccc1F)NCc1cccc(-c2ccccn2)c1. The van der Waals surface area contributed by atoms with Crippen molar-refractivity contribution in [3.8, 4) is 11.3 Å². The van der Waals surface area contributed by atoms with E-state index in [1.165, 1.54) is 6.07 Å². The van der Waals surface area contributed by atoms with E-state index in [0.717, 1.165) is 16.8 Å². The number of nitrogens with one attached hydrogen (secondary N) is 2. The van der Waals surface area contributed by atoms with E-state index >= 15 is 0 Å². The number of aliphatic imine (C=N–C) groups is 1. The van der Waals surface area contributed by atoms with Crippen molar-refractivity contribution in [3.63, 3.8) is 0 Å². The molecule has 0 radical (unpaired) electrons. The first kappa shape index (κ1) is 18.6. The molecule has 5 heteroatoms. The first-order chi connectivity index (χ1) is 13.3. The topological polar surface area (TPSA) is 49.3 Å². The molecule has 3 rings (SSSR count). The maximum Gasteiger partial charge on any atom is 0.191 e. The Kier molecular flexibility index (Phi) is 6.52. The number of nitrogens with zero attached hydrogens (tertiary/aromatic N) is 2. The molecule has 0 aliphatic carbocycles. The second-order valence-corrected chi connectivity index (χ2v) is 6.11. The van der Waals surface area contributed by atoms with Gasteiger partial charge in [-0.3, -0.25) is 9.98 Å². The van der Waals surface area contributed by atoms with Crippen molar-refractivity contribution in [2.24, 2.45) is 4.99 Å². The summed E-state index contributed by atoms with van der Waals surface area (Å²) in [6.07, 6.45) is 2.39. The van der Waals surface area contributed by atoms with E-state index in [0.29, 0.717) is 31.0 Å². The molecule has 0 atom stereocenters. The zero-order valence-electron chi connectivity index (χ0n) is 15.3. The van der Waals surface area contributed by atoms with E-state index in [4.69, 9.17) is 0 Å². The number of hydrogen-bond acceptors (Lipinski definition) is 2. The van der Waals surface area contributed by atoms with E-state index in [9.17, 15) is 4.39 Å². The van der Waals surface area contributed by atoms with E-state index in [2.05, 4.69) is 32.7 Å². The van der Waals surface area contributed by atoms with Crippen LogP contribution >= 0.6 is 0 Å². The smallest absolute Gasteiger partial charge is 0.191 e. The molecule has 3 aromatic rings. The third-order valence-corrected chi connectivity index (χ3v) is 4.22. The van der Waals surface area contributed by atoms with Crippen molar-refractivity contribution in [1.29, 1.82) is 0 Å². The highest BCUT2D eigenvalue weighted by Gasteiger charge is 2.03. The lowest BCUT2D eigenvalue weighted by Gasteiger charge is -2.13. The van der Waals surface area contributed by atoms with Gasteiger partial charge in [0.2, 0.25) is 0 Å². The van der Waals surface area contributed by atoms with Gasteiger partial charge < -0.3 is 10.6 Å². The van der Waals surface area contributed by atoms with Crippen LogP contribution in [0.4, 0.5) is 4.39 Å². The van der Waals surface area contributed by atoms with Crippen LogP contribution in [0, 0.1) is 5.82 Å². The van der Waals surface area contributed by atoms with Crippen LogP contribution in [0.2, 0.25) is 0 Å². The summed E-state index contributed by atoms with van der Waals surface area (Å²) >= 11 is 0. The lowest BCUT2D eigenvalue weighted by atomic mass is 10.1. The van der Waals surface area contributed by atoms with Crippen molar-refractivity contribution in [1.82, 2.24) is 15.6 Å². The molecule has 1 heterocycles. The van der Waals surface area contributed by atoms with Crippen molar-refractivity contribution in [2.45, 2.75) is 13.0 Å². The fourth-order valence-corrected chi connectivity index (χ4v) is 2.80. The number of pyridine rings is 1. The summed E-state index contributed by atoms with van der Waals surface area (Å²) in [4.78, 5) is 8.62. The second-order valence-electron chi connectivity index (χ2n) is 6.11. The summed E-state index contributed by atoms with van der Waals surface area (Å²) < 4.78 is 13.7. The zero-order chi connectivity index (χ0) is 18.9. The largest absolute Gasteiger partial charge is 0.356 e. The van der Waals surface area contributed by atoms with Gasteiger partial charge in [0.25, 0.3) is 0 Å². The minimum absolute atomic E-state index is 0.173. The molecule has 27 heavy (non-hydrogen) atoms. The lowest BCUT2D eigenvalue weighted by Crippen LogP contribution is -2.37. The summed E-state index contributed by atoms with van der Waals surface area (Å²) in [5.41, 5.74) is 3.86. The van der Waals surface area contributed by atoms with Crippen molar-refractivity contribution >= 4 is 5.96 Å². The van der Waals surface area contributed by atoms with Crippen molar-refractivity contribution in [2.75, 3.05) is 13.6 Å². The summed E-state index contributed by atoms with van der Waals surface area (Å²) in [5, 5.41) is 6.51. The molecule has 1 aromatic heterocycles. The Bertz CT molecular complexity index is 894. The second kappa shape index (κ2) is 9.48. The molecule has 138 valence electrons. The average Bonchev–Trinajstić information content (AvgIpc) is 2.72. The first-order valence-electron chi connectivity index (χ1n) is 8.94. The monoisotopic (exact) mass is 362 g/mol. The standard InChI is InChI=1S/C22H23FN4/c1-24-22(26-14-12-18-8-2-3-10-20(18)23)27-16-17-7-6-9-19(15-17)21-11-4-5-13-25-21/h2-11,13,15H,12,14,16H2,1H3,(H2,24,26,27). The summed E-state index contributed by atoms with van der Waals surface area (Å²) in [6.45, 7) is 1.24. The van der Waals surface area contributed by atoms with Crippen LogP contribution in [0.3, 0.4) is 0 Å². The number of hydrogen-bond donors (Lipinski definition) is 2. The maximum absolute atomic E-state index is 13.7. The van der Waals surface area contributed by atoms with Crippen molar-refractivity contribution < 1.29 is 4.39 Å². The maximum atomic E-state index is 13.7. The third-order valence-electron chi connectivity index (χ3n) is 4.22. The van der Waals surface area contributed by atoms with Crippen LogP contribution in [-0.4, -0.2) is 24.5 Å². The summed E-state index contributed by atoms with van der Waals surface area (Å²) in [7, 11) is 1.72. The molecule has 2 aromatic carbocycles. The Morgan fingerprint density at radius 2 is 1.85 bits per heavy atom. The van der Waals surface area contributed by atoms with Gasteiger partial charge in [0.1, 0.15) is 5.82 Å². The highest BCUT2D eigenvalue weighted by Crippen LogP contribution is 2.17. The van der Waals surface area contributed by atoms with Gasteiger partial charge in [0, 0.05) is 31.9 Å². The molecule has 0 amide bonds. The number of aromatic nitrogens is 1. The highest BCUT2D eigenvalue weighted by molar-refractivity contribution is 5.79. The van der Waals surface area contributed by atoms with Gasteiger partial charge in [-0.1, -0.05) is 42.5 Å². The molecule has 0 aliphatic rings. The lowest BCUT2D eigenvalue weighted by molar-refractivity contribution is 0.606. The number of halogens is 1. The average molecular weight is 362 g/mol. The number of rotatable bonds is 6. The van der Waals surface area contributed by atoms with Crippen LogP contribution in [0.25, 0.3) is 11.3 Å². The van der Waals surface area contributed by atoms with Crippen LogP contribution in [-0.2, 0) is 13.0 Å². The Morgan fingerprint density at radius 1 is 1.00 bits per heavy atom. The number of benzene rings is 2. The molecule has 0 saturated carbocycles. The van der Waals surface area contributed by atoms with Crippen LogP contribution < -0.4 is 10.6 Å². The molecule has 2 N–H and O–H groups in total. The molecule has 0 fully saturated rings. The molecule has 4 nitrogen and oxygen atoms in total. The van der Waals surface area contributed by atoms with Gasteiger partial charge >= 0.3 is 0 Å². The molecule has 0 spiro atoms. The third kappa shape index (κ3) is 5.38. The van der Waals surface area contributed by atoms with Crippen molar-refractivity contribution in [3.05, 3.63) is 89.9 Å². The van der Waals surface area contributed by atoms with Gasteiger partial charge in [0.05, 0.1) is 5.69 Å². The Balaban J connectivity index is 1.53. The Labute approximate surface area is 159 Å². The van der Waals surface area contributed by atoms with E-state index in [1.54, 1.807) is 25.4 Å². The van der Waals surface area contributed by atoms with E-state index in [-0.39, 0.29) is 5.82 Å². The molecular formula is C22H23FN4. The summed E-state index contributed by atoms with van der Waals surface area (Å²) in [6, 6.07) is 21.0. The van der Waals surface area contributed by atoms with Crippen LogP contribution in [0.1, 0.15) is 11.1 Å². The first-order valence-corrected chi connectivity index (χ1v) is 8.94. The Morgan fingerprint density at radius 3 is 2.63 bits per heavy atom. The van der Waals surface area contributed by atoms with E-state index in [1.807, 2.05) is 36.4 Å². The highest BCUT2D eigenvalue weighted by atomic mass is 19.1. The normalized spacial score (nSPS) is 11.3. The van der Waals surface area contributed by atoms with Gasteiger partial charge in [-0.05, 0) is 41.8 Å². The quantitative estimate of drug-likeness (QED) is 0.518. The molecular weight excluding hydrogens is 339 g/mol. The summed E-state index contributed by atoms with van der Waals surface area (Å²) in [5.74, 6) is 0.517. The van der Waals surface area contributed by atoms with Gasteiger partial charge in [-0.2, -0.15) is 0 Å². The van der Waals surface area contributed by atoms with Gasteiger partial charge in [0.15, 0.2) is 5.96 Å². The van der Waals surface area contributed by atoms with Gasteiger partial charge in [-0.15, -0.1) is 0 Å². The minimum atomic E-state index is -0.173. The van der Waals surface area contributed by atoms with Crippen LogP contribution in [0.15, 0.2) is 77.9 Å². The molecule has 0 aliphatic heterocycles. The van der Waals surface area contributed by atoms with E-state index < -0.39 is 0 Å².